The number of rotatable bonds is 1. The number of alkyl halides is 2. The quantitative estimate of drug-likeness (QED) is 0.421. The second-order valence-electron chi connectivity index (χ2n) is 3.70. The van der Waals surface area contributed by atoms with Gasteiger partial charge < -0.3 is 4.74 Å². The molecule has 0 saturated carbocycles. The molecule has 1 unspecified atom stereocenters. The van der Waals surface area contributed by atoms with Crippen LogP contribution in [0.4, 0.5) is 0 Å². The first-order valence-electron chi connectivity index (χ1n) is 4.35. The maximum Gasteiger partial charge on any atom is 0.310 e. The smallest absolute Gasteiger partial charge is 0.310 e. The molecule has 0 heterocycles. The van der Waals surface area contributed by atoms with Crippen molar-refractivity contribution in [3.8, 4) is 0 Å². The van der Waals surface area contributed by atoms with E-state index in [1.165, 1.54) is 7.11 Å². The van der Waals surface area contributed by atoms with Crippen LogP contribution in [0.15, 0.2) is 24.3 Å². The number of hydrogen-bond donors (Lipinski definition) is 0. The molecule has 4 heteroatoms. The summed E-state index contributed by atoms with van der Waals surface area (Å²) < 4.78 is 4.28. The van der Waals surface area contributed by atoms with Crippen LogP contribution in [0, 0.1) is 5.92 Å². The molecule has 1 atom stereocenters. The van der Waals surface area contributed by atoms with Crippen LogP contribution in [0.25, 0.3) is 0 Å². The Balaban J connectivity index is 2.36. The monoisotopic (exact) mass is 320 g/mol. The molecule has 2 bridgehead atoms. The lowest BCUT2D eigenvalue weighted by molar-refractivity contribution is -0.146. The Morgan fingerprint density at radius 1 is 1.36 bits per heavy atom. The van der Waals surface area contributed by atoms with Gasteiger partial charge in [-0.05, 0) is 6.42 Å². The Morgan fingerprint density at radius 2 is 1.93 bits per heavy atom. The van der Waals surface area contributed by atoms with Gasteiger partial charge >= 0.3 is 5.97 Å². The van der Waals surface area contributed by atoms with Gasteiger partial charge in [-0.25, -0.2) is 0 Å². The van der Waals surface area contributed by atoms with Crippen molar-refractivity contribution < 1.29 is 9.53 Å². The normalized spacial score (nSPS) is 44.1. The van der Waals surface area contributed by atoms with Gasteiger partial charge in [-0.2, -0.15) is 0 Å². The van der Waals surface area contributed by atoms with Gasteiger partial charge in [0.05, 0.1) is 21.7 Å². The van der Waals surface area contributed by atoms with Crippen LogP contribution in [-0.4, -0.2) is 21.7 Å². The van der Waals surface area contributed by atoms with Gasteiger partial charge in [0.25, 0.3) is 0 Å². The van der Waals surface area contributed by atoms with Crippen molar-refractivity contribution in [3.63, 3.8) is 0 Å². The molecule has 2 nitrogen and oxygen atoms in total. The highest BCUT2D eigenvalue weighted by Crippen LogP contribution is 2.50. The Morgan fingerprint density at radius 3 is 2.43 bits per heavy atom. The largest absolute Gasteiger partial charge is 0.469 e. The highest BCUT2D eigenvalue weighted by molar-refractivity contribution is 9.10. The summed E-state index contributed by atoms with van der Waals surface area (Å²) in [5, 5.41) is 0. The van der Waals surface area contributed by atoms with Crippen LogP contribution >= 0.6 is 31.9 Å². The molecule has 3 rings (SSSR count). The molecule has 14 heavy (non-hydrogen) atoms. The molecular weight excluding hydrogens is 312 g/mol. The van der Waals surface area contributed by atoms with Crippen LogP contribution < -0.4 is 0 Å². The summed E-state index contributed by atoms with van der Waals surface area (Å²) in [6.07, 6.45) is 8.89. The van der Waals surface area contributed by atoms with Gasteiger partial charge in [0, 0.05) is 0 Å². The zero-order chi connectivity index (χ0) is 10.4. The van der Waals surface area contributed by atoms with E-state index in [0.717, 1.165) is 6.42 Å². The van der Waals surface area contributed by atoms with Crippen molar-refractivity contribution in [2.45, 2.75) is 15.1 Å². The SMILES string of the molecule is COC(=O)C1CC2(Br)C=CC1(Br)C=C2. The minimum absolute atomic E-state index is 0.151. The molecule has 0 saturated heterocycles. The summed E-state index contributed by atoms with van der Waals surface area (Å²) >= 11 is 7.16. The molecule has 3 aliphatic carbocycles. The van der Waals surface area contributed by atoms with E-state index < -0.39 is 0 Å². The van der Waals surface area contributed by atoms with E-state index in [-0.39, 0.29) is 20.5 Å². The first kappa shape index (κ1) is 10.4. The predicted octanol–water partition coefficient (Wildman–Crippen LogP) is 2.57. The average molecular weight is 322 g/mol. The topological polar surface area (TPSA) is 26.3 Å². The third-order valence-corrected chi connectivity index (χ3v) is 4.70. The summed E-state index contributed by atoms with van der Waals surface area (Å²) in [5.41, 5.74) is 0. The van der Waals surface area contributed by atoms with Gasteiger partial charge in [0.1, 0.15) is 0 Å². The number of halogens is 2. The molecule has 0 aliphatic heterocycles. The van der Waals surface area contributed by atoms with Crippen LogP contribution in [0.3, 0.4) is 0 Å². The fraction of sp³-hybridized carbons (Fsp3) is 0.500. The number of carbonyl (C=O) groups excluding carboxylic acids is 1. The second kappa shape index (κ2) is 3.20. The third-order valence-electron chi connectivity index (χ3n) is 2.77. The van der Waals surface area contributed by atoms with E-state index in [1.54, 1.807) is 0 Å². The molecular formula is C10H10Br2O2. The van der Waals surface area contributed by atoms with Gasteiger partial charge in [0.2, 0.25) is 0 Å². The van der Waals surface area contributed by atoms with E-state index in [0.29, 0.717) is 0 Å². The molecule has 76 valence electrons. The molecule has 0 fully saturated rings. The summed E-state index contributed by atoms with van der Waals surface area (Å²) in [6.45, 7) is 0. The Bertz CT molecular complexity index is 319. The lowest BCUT2D eigenvalue weighted by Crippen LogP contribution is -2.46. The first-order valence-corrected chi connectivity index (χ1v) is 5.94. The highest BCUT2D eigenvalue weighted by Gasteiger charge is 2.49. The molecule has 0 radical (unpaired) electrons. The lowest BCUT2D eigenvalue weighted by Gasteiger charge is -2.42. The third kappa shape index (κ3) is 1.48. The molecule has 3 aliphatic rings. The van der Waals surface area contributed by atoms with Crippen molar-refractivity contribution in [3.05, 3.63) is 24.3 Å². The number of esters is 1. The average Bonchev–Trinajstić information content (AvgIpc) is 2.19. The minimum atomic E-state index is -0.352. The fourth-order valence-corrected chi connectivity index (χ4v) is 3.09. The van der Waals surface area contributed by atoms with Crippen molar-refractivity contribution in [2.75, 3.05) is 7.11 Å². The van der Waals surface area contributed by atoms with E-state index in [4.69, 9.17) is 4.74 Å². The number of methoxy groups -OCH3 is 1. The van der Waals surface area contributed by atoms with Gasteiger partial charge in [-0.1, -0.05) is 56.2 Å². The zero-order valence-corrected chi connectivity index (χ0v) is 10.8. The zero-order valence-electron chi connectivity index (χ0n) is 7.67. The maximum absolute atomic E-state index is 11.6. The summed E-state index contributed by atoms with van der Waals surface area (Å²) in [6, 6.07) is 0. The van der Waals surface area contributed by atoms with Crippen LogP contribution in [0.1, 0.15) is 6.42 Å². The maximum atomic E-state index is 11.6. The van der Waals surface area contributed by atoms with E-state index in [1.807, 2.05) is 12.2 Å². The summed E-state index contributed by atoms with van der Waals surface area (Å²) in [5.74, 6) is -0.318. The Kier molecular flexibility index (Phi) is 2.39. The fourth-order valence-electron chi connectivity index (χ4n) is 1.89. The van der Waals surface area contributed by atoms with Crippen LogP contribution in [0.2, 0.25) is 0 Å². The standard InChI is InChI=1S/C10H10Br2O2/c1-14-8(13)7-6-9(11)2-4-10(7,12)5-3-9/h2-5,7H,6H2,1H3. The van der Waals surface area contributed by atoms with Crippen LogP contribution in [0.5, 0.6) is 0 Å². The minimum Gasteiger partial charge on any atom is -0.469 e. The lowest BCUT2D eigenvalue weighted by atomic mass is 9.73. The number of allylic oxidation sites excluding steroid dienone is 4. The van der Waals surface area contributed by atoms with Crippen molar-refractivity contribution in [1.82, 2.24) is 0 Å². The molecule has 0 N–H and O–H groups in total. The number of fused-ring (bicyclic) bond motifs is 1. The Hall–Kier alpha value is -0.0900. The van der Waals surface area contributed by atoms with Gasteiger partial charge in [-0.15, -0.1) is 0 Å². The van der Waals surface area contributed by atoms with E-state index in [2.05, 4.69) is 44.0 Å². The molecule has 0 aromatic rings. The van der Waals surface area contributed by atoms with Crippen LogP contribution in [-0.2, 0) is 9.53 Å². The number of carbonyl (C=O) groups is 1. The van der Waals surface area contributed by atoms with E-state index >= 15 is 0 Å². The summed E-state index contributed by atoms with van der Waals surface area (Å²) in [4.78, 5) is 11.6. The second-order valence-corrected chi connectivity index (χ2v) is 6.55. The molecule has 0 amide bonds. The van der Waals surface area contributed by atoms with E-state index in [9.17, 15) is 4.79 Å². The Labute approximate surface area is 99.6 Å². The summed E-state index contributed by atoms with van der Waals surface area (Å²) in [7, 11) is 1.43. The number of ether oxygens (including phenoxy) is 1. The van der Waals surface area contributed by atoms with Gasteiger partial charge in [0.15, 0.2) is 0 Å². The van der Waals surface area contributed by atoms with Crippen molar-refractivity contribution >= 4 is 37.8 Å². The highest BCUT2D eigenvalue weighted by atomic mass is 79.9. The van der Waals surface area contributed by atoms with Crippen molar-refractivity contribution in [2.24, 2.45) is 5.92 Å². The predicted molar refractivity (Wildman–Crippen MR) is 61.7 cm³/mol. The van der Waals surface area contributed by atoms with Gasteiger partial charge in [-0.3, -0.25) is 4.79 Å². The molecule has 0 aromatic heterocycles. The van der Waals surface area contributed by atoms with Crippen molar-refractivity contribution in [1.29, 1.82) is 0 Å². The molecule has 0 aromatic carbocycles. The molecule has 0 spiro atoms. The number of hydrogen-bond acceptors (Lipinski definition) is 2. The first-order chi connectivity index (χ1) is 6.49.